The molecule has 0 atom stereocenters. The van der Waals surface area contributed by atoms with Crippen molar-refractivity contribution < 1.29 is 0 Å². The summed E-state index contributed by atoms with van der Waals surface area (Å²) in [5.41, 5.74) is 6.49. The van der Waals surface area contributed by atoms with Gasteiger partial charge >= 0.3 is 0 Å². The smallest absolute Gasteiger partial charge is 0.129 e. The van der Waals surface area contributed by atoms with E-state index in [1.807, 2.05) is 6.07 Å². The minimum atomic E-state index is 0.708. The molecule has 0 amide bonds. The lowest BCUT2D eigenvalue weighted by Gasteiger charge is -2.05. The summed E-state index contributed by atoms with van der Waals surface area (Å²) >= 11 is 0. The average Bonchev–Trinajstić information content (AvgIpc) is 2.19. The Hall–Kier alpha value is -1.16. The molecule has 0 aliphatic rings. The van der Waals surface area contributed by atoms with Crippen LogP contribution in [0.2, 0.25) is 0 Å². The second-order valence-corrected chi connectivity index (χ2v) is 3.21. The second-order valence-electron chi connectivity index (χ2n) is 3.21. The van der Waals surface area contributed by atoms with Crippen molar-refractivity contribution in [3.8, 4) is 0 Å². The van der Waals surface area contributed by atoms with Crippen molar-refractivity contribution in [2.24, 2.45) is 5.73 Å². The fourth-order valence-corrected chi connectivity index (χ4v) is 1.21. The zero-order chi connectivity index (χ0) is 10.2. The Morgan fingerprint density at radius 3 is 3.00 bits per heavy atom. The SMILES string of the molecule is CCCc1cc(NCCCN)ncn1. The Kier molecular flexibility index (Phi) is 4.93. The molecule has 0 unspecified atom stereocenters. The molecule has 1 rings (SSSR count). The molecule has 0 radical (unpaired) electrons. The molecule has 3 N–H and O–H groups in total. The predicted molar refractivity (Wildman–Crippen MR) is 58.2 cm³/mol. The molecule has 1 heterocycles. The van der Waals surface area contributed by atoms with Gasteiger partial charge in [-0.25, -0.2) is 9.97 Å². The van der Waals surface area contributed by atoms with Gasteiger partial charge in [0.15, 0.2) is 0 Å². The first-order valence-electron chi connectivity index (χ1n) is 5.11. The van der Waals surface area contributed by atoms with Crippen molar-refractivity contribution in [2.75, 3.05) is 18.4 Å². The van der Waals surface area contributed by atoms with Gasteiger partial charge in [0.25, 0.3) is 0 Å². The van der Waals surface area contributed by atoms with Gasteiger partial charge in [-0.2, -0.15) is 0 Å². The molecule has 0 spiro atoms. The number of aromatic nitrogens is 2. The first-order chi connectivity index (χ1) is 6.86. The maximum absolute atomic E-state index is 5.40. The van der Waals surface area contributed by atoms with Gasteiger partial charge in [0.05, 0.1) is 0 Å². The molecule has 0 saturated carbocycles. The van der Waals surface area contributed by atoms with Gasteiger partial charge in [-0.15, -0.1) is 0 Å². The number of hydrogen-bond acceptors (Lipinski definition) is 4. The zero-order valence-corrected chi connectivity index (χ0v) is 8.66. The van der Waals surface area contributed by atoms with Crippen LogP contribution in [-0.4, -0.2) is 23.1 Å². The number of rotatable bonds is 6. The molecule has 4 nitrogen and oxygen atoms in total. The number of nitrogens with one attached hydrogen (secondary N) is 1. The average molecular weight is 194 g/mol. The first-order valence-corrected chi connectivity index (χ1v) is 5.11. The van der Waals surface area contributed by atoms with Gasteiger partial charge in [0.2, 0.25) is 0 Å². The molecule has 14 heavy (non-hydrogen) atoms. The van der Waals surface area contributed by atoms with Crippen molar-refractivity contribution in [1.29, 1.82) is 0 Å². The highest BCUT2D eigenvalue weighted by Gasteiger charge is 1.96. The van der Waals surface area contributed by atoms with Crippen molar-refractivity contribution >= 4 is 5.82 Å². The third-order valence-corrected chi connectivity index (χ3v) is 1.92. The molecule has 0 bridgehead atoms. The van der Waals surface area contributed by atoms with Crippen LogP contribution in [0.4, 0.5) is 5.82 Å². The van der Waals surface area contributed by atoms with Crippen LogP contribution in [-0.2, 0) is 6.42 Å². The maximum Gasteiger partial charge on any atom is 0.129 e. The summed E-state index contributed by atoms with van der Waals surface area (Å²) in [7, 11) is 0. The van der Waals surface area contributed by atoms with Crippen LogP contribution in [0.15, 0.2) is 12.4 Å². The van der Waals surface area contributed by atoms with E-state index < -0.39 is 0 Å². The summed E-state index contributed by atoms with van der Waals surface area (Å²) in [6.45, 7) is 3.72. The highest BCUT2D eigenvalue weighted by atomic mass is 15.0. The summed E-state index contributed by atoms with van der Waals surface area (Å²) in [4.78, 5) is 8.31. The number of aryl methyl sites for hydroxylation is 1. The lowest BCUT2D eigenvalue weighted by atomic mass is 10.2. The van der Waals surface area contributed by atoms with E-state index >= 15 is 0 Å². The van der Waals surface area contributed by atoms with E-state index in [4.69, 9.17) is 5.73 Å². The van der Waals surface area contributed by atoms with Crippen LogP contribution >= 0.6 is 0 Å². The van der Waals surface area contributed by atoms with Gasteiger partial charge in [-0.3, -0.25) is 0 Å². The Morgan fingerprint density at radius 2 is 2.29 bits per heavy atom. The number of anilines is 1. The summed E-state index contributed by atoms with van der Waals surface area (Å²) < 4.78 is 0. The van der Waals surface area contributed by atoms with E-state index in [2.05, 4.69) is 22.2 Å². The molecule has 1 aromatic rings. The molecule has 0 aromatic carbocycles. The van der Waals surface area contributed by atoms with E-state index in [9.17, 15) is 0 Å². The quantitative estimate of drug-likeness (QED) is 0.668. The lowest BCUT2D eigenvalue weighted by molar-refractivity contribution is 0.854. The molecule has 0 fully saturated rings. The van der Waals surface area contributed by atoms with Crippen LogP contribution in [0.5, 0.6) is 0 Å². The van der Waals surface area contributed by atoms with Crippen LogP contribution in [0.3, 0.4) is 0 Å². The zero-order valence-electron chi connectivity index (χ0n) is 8.66. The van der Waals surface area contributed by atoms with E-state index in [-0.39, 0.29) is 0 Å². The summed E-state index contributed by atoms with van der Waals surface area (Å²) in [6.07, 6.45) is 4.69. The van der Waals surface area contributed by atoms with Gasteiger partial charge in [0, 0.05) is 18.3 Å². The van der Waals surface area contributed by atoms with Crippen LogP contribution < -0.4 is 11.1 Å². The molecule has 78 valence electrons. The Labute approximate surface area is 85.0 Å². The predicted octanol–water partition coefficient (Wildman–Crippen LogP) is 1.19. The minimum absolute atomic E-state index is 0.708. The molecule has 0 saturated heterocycles. The van der Waals surface area contributed by atoms with E-state index in [1.165, 1.54) is 0 Å². The third kappa shape index (κ3) is 3.70. The normalized spacial score (nSPS) is 10.1. The largest absolute Gasteiger partial charge is 0.370 e. The Bertz CT molecular complexity index is 262. The van der Waals surface area contributed by atoms with Crippen LogP contribution in [0.25, 0.3) is 0 Å². The van der Waals surface area contributed by atoms with Crippen LogP contribution in [0, 0.1) is 0 Å². The molecule has 0 aliphatic heterocycles. The van der Waals surface area contributed by atoms with Gasteiger partial charge in [-0.1, -0.05) is 13.3 Å². The van der Waals surface area contributed by atoms with E-state index in [0.717, 1.165) is 37.3 Å². The summed E-state index contributed by atoms with van der Waals surface area (Å²) in [6, 6.07) is 2.00. The topological polar surface area (TPSA) is 63.8 Å². The van der Waals surface area contributed by atoms with Gasteiger partial charge < -0.3 is 11.1 Å². The maximum atomic E-state index is 5.40. The standard InChI is InChI=1S/C10H18N4/c1-2-4-9-7-10(14-8-13-9)12-6-3-5-11/h7-8H,2-6,11H2,1H3,(H,12,13,14). The van der Waals surface area contributed by atoms with Crippen molar-refractivity contribution in [1.82, 2.24) is 9.97 Å². The molecule has 4 heteroatoms. The Balaban J connectivity index is 2.46. The van der Waals surface area contributed by atoms with Gasteiger partial charge in [0.1, 0.15) is 12.1 Å². The fraction of sp³-hybridized carbons (Fsp3) is 0.600. The number of nitrogens with zero attached hydrogens (tertiary/aromatic N) is 2. The molecular weight excluding hydrogens is 176 g/mol. The van der Waals surface area contributed by atoms with E-state index in [0.29, 0.717) is 6.54 Å². The highest BCUT2D eigenvalue weighted by Crippen LogP contribution is 2.05. The van der Waals surface area contributed by atoms with E-state index in [1.54, 1.807) is 6.33 Å². The van der Waals surface area contributed by atoms with Gasteiger partial charge in [-0.05, 0) is 19.4 Å². The Morgan fingerprint density at radius 1 is 1.43 bits per heavy atom. The third-order valence-electron chi connectivity index (χ3n) is 1.92. The molecule has 1 aromatic heterocycles. The molecular formula is C10H18N4. The number of nitrogens with two attached hydrogens (primary N) is 1. The molecule has 0 aliphatic carbocycles. The van der Waals surface area contributed by atoms with Crippen LogP contribution in [0.1, 0.15) is 25.5 Å². The monoisotopic (exact) mass is 194 g/mol. The van der Waals surface area contributed by atoms with Crippen molar-refractivity contribution in [3.63, 3.8) is 0 Å². The van der Waals surface area contributed by atoms with Crippen molar-refractivity contribution in [3.05, 3.63) is 18.1 Å². The first kappa shape index (κ1) is 10.9. The lowest BCUT2D eigenvalue weighted by Crippen LogP contribution is -2.09. The van der Waals surface area contributed by atoms with Crippen molar-refractivity contribution in [2.45, 2.75) is 26.2 Å². The number of hydrogen-bond donors (Lipinski definition) is 2. The second kappa shape index (κ2) is 6.32. The highest BCUT2D eigenvalue weighted by molar-refractivity contribution is 5.34. The fourth-order valence-electron chi connectivity index (χ4n) is 1.21. The minimum Gasteiger partial charge on any atom is -0.370 e. The summed E-state index contributed by atoms with van der Waals surface area (Å²) in [5.74, 6) is 0.900. The summed E-state index contributed by atoms with van der Waals surface area (Å²) in [5, 5.41) is 3.21.